The average Bonchev–Trinajstić information content (AvgIpc) is 3.01. The number of rotatable bonds is 2. The minimum atomic E-state index is 0.0257. The van der Waals surface area contributed by atoms with E-state index < -0.39 is 0 Å². The topological polar surface area (TPSA) is 40.7 Å². The molecule has 18 heavy (non-hydrogen) atoms. The third-order valence-electron chi connectivity index (χ3n) is 4.14. The minimum absolute atomic E-state index is 0.0257. The van der Waals surface area contributed by atoms with E-state index >= 15 is 0 Å². The molecule has 1 aromatic carbocycles. The van der Waals surface area contributed by atoms with Gasteiger partial charge < -0.3 is 10.3 Å². The van der Waals surface area contributed by atoms with Crippen LogP contribution in [0.4, 0.5) is 0 Å². The first kappa shape index (κ1) is 12.0. The highest BCUT2D eigenvalue weighted by atomic mass is 35.5. The second kappa shape index (κ2) is 4.25. The maximum Gasteiger partial charge on any atom is 0.127 e. The first-order valence-electron chi connectivity index (χ1n) is 6.56. The van der Waals surface area contributed by atoms with Crippen LogP contribution in [0.15, 0.2) is 12.1 Å². The van der Waals surface area contributed by atoms with Gasteiger partial charge in [0.25, 0.3) is 0 Å². The molecule has 1 unspecified atom stereocenters. The number of nitrogens with one attached hydrogen (secondary N) is 2. The Bertz CT molecular complexity index is 582. The van der Waals surface area contributed by atoms with Gasteiger partial charge in [0.1, 0.15) is 5.82 Å². The second-order valence-corrected chi connectivity index (χ2v) is 5.53. The summed E-state index contributed by atoms with van der Waals surface area (Å²) in [6.07, 6.45) is 3.42. The third kappa shape index (κ3) is 1.65. The van der Waals surface area contributed by atoms with E-state index in [1.807, 2.05) is 19.1 Å². The molecule has 2 aromatic rings. The van der Waals surface area contributed by atoms with E-state index in [-0.39, 0.29) is 5.54 Å². The number of imidazole rings is 1. The van der Waals surface area contributed by atoms with E-state index in [1.165, 1.54) is 6.42 Å². The van der Waals surface area contributed by atoms with Crippen LogP contribution in [-0.2, 0) is 5.54 Å². The highest BCUT2D eigenvalue weighted by Gasteiger charge is 2.36. The predicted octanol–water partition coefficient (Wildman–Crippen LogP) is 3.51. The number of aromatic nitrogens is 2. The average molecular weight is 264 g/mol. The lowest BCUT2D eigenvalue weighted by molar-refractivity contribution is 0.356. The van der Waals surface area contributed by atoms with Crippen LogP contribution in [0.1, 0.15) is 37.6 Å². The summed E-state index contributed by atoms with van der Waals surface area (Å²) < 4.78 is 0. The van der Waals surface area contributed by atoms with Crippen LogP contribution in [0.2, 0.25) is 5.02 Å². The van der Waals surface area contributed by atoms with Gasteiger partial charge in [-0.15, -0.1) is 0 Å². The number of fused-ring (bicyclic) bond motifs is 1. The van der Waals surface area contributed by atoms with Gasteiger partial charge >= 0.3 is 0 Å². The first-order valence-corrected chi connectivity index (χ1v) is 6.94. The van der Waals surface area contributed by atoms with Crippen LogP contribution < -0.4 is 5.32 Å². The Morgan fingerprint density at radius 3 is 2.94 bits per heavy atom. The summed E-state index contributed by atoms with van der Waals surface area (Å²) in [6, 6.07) is 3.95. The maximum atomic E-state index is 6.16. The number of benzene rings is 1. The molecule has 96 valence electrons. The largest absolute Gasteiger partial charge is 0.340 e. The summed E-state index contributed by atoms with van der Waals surface area (Å²) in [7, 11) is 0. The second-order valence-electron chi connectivity index (χ2n) is 5.12. The van der Waals surface area contributed by atoms with Crippen molar-refractivity contribution in [3.05, 3.63) is 28.5 Å². The highest BCUT2D eigenvalue weighted by molar-refractivity contribution is 6.32. The Morgan fingerprint density at radius 2 is 2.28 bits per heavy atom. The fraction of sp³-hybridized carbons (Fsp3) is 0.500. The van der Waals surface area contributed by atoms with Crippen LogP contribution in [0.3, 0.4) is 0 Å². The zero-order chi connectivity index (χ0) is 12.8. The number of H-pyrrole nitrogens is 1. The van der Waals surface area contributed by atoms with Gasteiger partial charge in [-0.3, -0.25) is 0 Å². The molecule has 2 heterocycles. The molecule has 4 heteroatoms. The fourth-order valence-electron chi connectivity index (χ4n) is 2.89. The molecule has 1 aliphatic rings. The summed E-state index contributed by atoms with van der Waals surface area (Å²) >= 11 is 6.16. The van der Waals surface area contributed by atoms with Crippen molar-refractivity contribution in [2.24, 2.45) is 0 Å². The maximum absolute atomic E-state index is 6.16. The normalized spacial score (nSPS) is 23.9. The van der Waals surface area contributed by atoms with Gasteiger partial charge in [-0.05, 0) is 50.4 Å². The van der Waals surface area contributed by atoms with E-state index in [2.05, 4.69) is 17.2 Å². The van der Waals surface area contributed by atoms with E-state index in [9.17, 15) is 0 Å². The number of aryl methyl sites for hydroxylation is 1. The van der Waals surface area contributed by atoms with Gasteiger partial charge in [0.05, 0.1) is 16.6 Å². The van der Waals surface area contributed by atoms with Crippen LogP contribution in [0.25, 0.3) is 11.0 Å². The smallest absolute Gasteiger partial charge is 0.127 e. The molecule has 0 aliphatic carbocycles. The molecule has 0 bridgehead atoms. The van der Waals surface area contributed by atoms with E-state index in [4.69, 9.17) is 16.6 Å². The van der Waals surface area contributed by atoms with Gasteiger partial charge in [0, 0.05) is 5.02 Å². The van der Waals surface area contributed by atoms with Gasteiger partial charge in [-0.1, -0.05) is 18.5 Å². The summed E-state index contributed by atoms with van der Waals surface area (Å²) in [4.78, 5) is 8.26. The fourth-order valence-corrected chi connectivity index (χ4v) is 3.04. The lowest BCUT2D eigenvalue weighted by atomic mass is 9.93. The molecule has 1 atom stereocenters. The quantitative estimate of drug-likeness (QED) is 0.871. The zero-order valence-corrected chi connectivity index (χ0v) is 11.6. The molecule has 3 rings (SSSR count). The minimum Gasteiger partial charge on any atom is -0.340 e. The molecule has 1 fully saturated rings. The lowest BCUT2D eigenvalue weighted by Gasteiger charge is -2.25. The number of halogens is 1. The van der Waals surface area contributed by atoms with Gasteiger partial charge in [0.2, 0.25) is 0 Å². The van der Waals surface area contributed by atoms with Crippen molar-refractivity contribution in [3.8, 4) is 0 Å². The van der Waals surface area contributed by atoms with Crippen molar-refractivity contribution in [3.63, 3.8) is 0 Å². The van der Waals surface area contributed by atoms with Crippen molar-refractivity contribution < 1.29 is 0 Å². The Hall–Kier alpha value is -1.06. The van der Waals surface area contributed by atoms with Crippen molar-refractivity contribution in [2.45, 2.75) is 38.6 Å². The third-order valence-corrected chi connectivity index (χ3v) is 4.55. The first-order chi connectivity index (χ1) is 8.66. The molecule has 0 saturated carbocycles. The van der Waals surface area contributed by atoms with Crippen molar-refractivity contribution in [2.75, 3.05) is 6.54 Å². The molecule has 2 N–H and O–H groups in total. The summed E-state index contributed by atoms with van der Waals surface area (Å²) in [5.41, 5.74) is 3.16. The Balaban J connectivity index is 2.16. The Kier molecular flexibility index (Phi) is 2.83. The van der Waals surface area contributed by atoms with E-state index in [0.29, 0.717) is 0 Å². The molecule has 3 nitrogen and oxygen atoms in total. The molecular weight excluding hydrogens is 246 g/mol. The van der Waals surface area contributed by atoms with Crippen molar-refractivity contribution in [1.82, 2.24) is 15.3 Å². The van der Waals surface area contributed by atoms with Crippen LogP contribution in [0, 0.1) is 6.92 Å². The molecule has 1 saturated heterocycles. The summed E-state index contributed by atoms with van der Waals surface area (Å²) in [5, 5.41) is 4.39. The Labute approximate surface area is 112 Å². The molecular formula is C14H18ClN3. The van der Waals surface area contributed by atoms with Gasteiger partial charge in [0.15, 0.2) is 0 Å². The predicted molar refractivity (Wildman–Crippen MR) is 75.0 cm³/mol. The van der Waals surface area contributed by atoms with E-state index in [0.717, 1.165) is 46.8 Å². The number of hydrogen-bond donors (Lipinski definition) is 2. The summed E-state index contributed by atoms with van der Waals surface area (Å²) in [5.74, 6) is 1.06. The molecule has 1 aliphatic heterocycles. The number of nitrogens with zero attached hydrogens (tertiary/aromatic N) is 1. The standard InChI is InChI=1S/C14H18ClN3/c1-3-14(7-4-8-16-14)13-17-11-6-5-10(15)9(2)12(11)18-13/h5-6,16H,3-4,7-8H2,1-2H3,(H,17,18). The van der Waals surface area contributed by atoms with Crippen LogP contribution >= 0.6 is 11.6 Å². The SMILES string of the molecule is CCC1(c2nc3c(C)c(Cl)ccc3[nH]2)CCCN1. The van der Waals surface area contributed by atoms with Gasteiger partial charge in [-0.2, -0.15) is 0 Å². The Morgan fingerprint density at radius 1 is 1.44 bits per heavy atom. The van der Waals surface area contributed by atoms with Crippen LogP contribution in [0.5, 0.6) is 0 Å². The lowest BCUT2D eigenvalue weighted by Crippen LogP contribution is -2.37. The van der Waals surface area contributed by atoms with Crippen molar-refractivity contribution >= 4 is 22.6 Å². The van der Waals surface area contributed by atoms with Crippen LogP contribution in [-0.4, -0.2) is 16.5 Å². The molecule has 0 spiro atoms. The molecule has 0 radical (unpaired) electrons. The highest BCUT2D eigenvalue weighted by Crippen LogP contribution is 2.34. The van der Waals surface area contributed by atoms with E-state index in [1.54, 1.807) is 0 Å². The van der Waals surface area contributed by atoms with Crippen molar-refractivity contribution in [1.29, 1.82) is 0 Å². The molecule has 1 aromatic heterocycles. The zero-order valence-electron chi connectivity index (χ0n) is 10.8. The monoisotopic (exact) mass is 263 g/mol. The number of aromatic amines is 1. The molecule has 0 amide bonds. The van der Waals surface area contributed by atoms with Gasteiger partial charge in [-0.25, -0.2) is 4.98 Å². The summed E-state index contributed by atoms with van der Waals surface area (Å²) in [6.45, 7) is 5.31. The number of hydrogen-bond acceptors (Lipinski definition) is 2.